The fourth-order valence-electron chi connectivity index (χ4n) is 4.81. The van der Waals surface area contributed by atoms with Crippen molar-refractivity contribution in [1.29, 1.82) is 0 Å². The van der Waals surface area contributed by atoms with Gasteiger partial charge in [-0.25, -0.2) is 0 Å². The topological polar surface area (TPSA) is 59.1 Å². The van der Waals surface area contributed by atoms with Gasteiger partial charge in [0.05, 0.1) is 25.2 Å². The van der Waals surface area contributed by atoms with Gasteiger partial charge in [0.1, 0.15) is 12.4 Å². The molecule has 0 spiro atoms. The molecule has 6 heteroatoms. The van der Waals surface area contributed by atoms with Crippen molar-refractivity contribution in [3.8, 4) is 5.75 Å². The number of carbonyl (C=O) groups is 2. The Morgan fingerprint density at radius 2 is 1.66 bits per heavy atom. The summed E-state index contributed by atoms with van der Waals surface area (Å²) >= 11 is 0. The summed E-state index contributed by atoms with van der Waals surface area (Å²) in [5, 5.41) is 0. The van der Waals surface area contributed by atoms with Crippen LogP contribution in [0.5, 0.6) is 5.75 Å². The maximum Gasteiger partial charge on any atom is 0.233 e. The van der Waals surface area contributed by atoms with Crippen molar-refractivity contribution in [2.75, 3.05) is 39.5 Å². The predicted molar refractivity (Wildman–Crippen MR) is 120 cm³/mol. The van der Waals surface area contributed by atoms with Gasteiger partial charge in [0.15, 0.2) is 0 Å². The summed E-state index contributed by atoms with van der Waals surface area (Å²) in [6.07, 6.45) is 2.98. The number of carbonyl (C=O) groups excluding carboxylic acids is 2. The number of amides is 2. The molecule has 0 unspecified atom stereocenters. The van der Waals surface area contributed by atoms with Crippen LogP contribution >= 0.6 is 0 Å². The highest BCUT2D eigenvalue weighted by Crippen LogP contribution is 2.50. The first-order chi connectivity index (χ1) is 15.7. The number of rotatable bonds is 5. The van der Waals surface area contributed by atoms with E-state index in [1.54, 1.807) is 0 Å². The maximum atomic E-state index is 13.5. The zero-order valence-corrected chi connectivity index (χ0v) is 18.4. The zero-order chi connectivity index (χ0) is 22.0. The van der Waals surface area contributed by atoms with Gasteiger partial charge in [-0.05, 0) is 36.5 Å². The Morgan fingerprint density at radius 1 is 0.906 bits per heavy atom. The van der Waals surface area contributed by atoms with E-state index in [2.05, 4.69) is 18.2 Å². The molecular weight excluding hydrogens is 404 g/mol. The molecule has 3 aliphatic rings. The van der Waals surface area contributed by atoms with E-state index < -0.39 is 0 Å². The largest absolute Gasteiger partial charge is 0.491 e. The molecule has 1 saturated carbocycles. The summed E-state index contributed by atoms with van der Waals surface area (Å²) in [6.45, 7) is 4.24. The van der Waals surface area contributed by atoms with Gasteiger partial charge in [-0.2, -0.15) is 0 Å². The summed E-state index contributed by atoms with van der Waals surface area (Å²) in [5.74, 6) is 1.22. The van der Waals surface area contributed by atoms with Crippen LogP contribution in [0.4, 0.5) is 0 Å². The molecule has 0 radical (unpaired) electrons. The molecule has 2 heterocycles. The van der Waals surface area contributed by atoms with Crippen LogP contribution in [0.1, 0.15) is 36.0 Å². The van der Waals surface area contributed by atoms with Crippen molar-refractivity contribution in [3.63, 3.8) is 0 Å². The van der Waals surface area contributed by atoms with Crippen molar-refractivity contribution in [2.45, 2.75) is 37.6 Å². The van der Waals surface area contributed by atoms with Crippen LogP contribution < -0.4 is 4.74 Å². The molecule has 2 fully saturated rings. The van der Waals surface area contributed by atoms with E-state index in [0.717, 1.165) is 35.3 Å². The molecule has 1 aliphatic carbocycles. The lowest BCUT2D eigenvalue weighted by atomic mass is 9.94. The molecule has 0 bridgehead atoms. The van der Waals surface area contributed by atoms with E-state index in [0.29, 0.717) is 58.8 Å². The summed E-state index contributed by atoms with van der Waals surface area (Å²) in [4.78, 5) is 29.9. The van der Waals surface area contributed by atoms with Crippen molar-refractivity contribution in [2.24, 2.45) is 0 Å². The highest BCUT2D eigenvalue weighted by molar-refractivity contribution is 5.91. The Bertz CT molecular complexity index is 981. The first-order valence-electron chi connectivity index (χ1n) is 11.6. The Morgan fingerprint density at radius 3 is 2.41 bits per heavy atom. The highest BCUT2D eigenvalue weighted by Gasteiger charge is 2.53. The minimum atomic E-state index is -0.367. The minimum absolute atomic E-state index is 0.176. The van der Waals surface area contributed by atoms with Crippen LogP contribution in [-0.2, 0) is 32.7 Å². The number of benzene rings is 2. The molecule has 2 aliphatic heterocycles. The molecule has 5 rings (SSSR count). The average Bonchev–Trinajstić information content (AvgIpc) is 3.67. The number of aryl methyl sites for hydroxylation is 1. The van der Waals surface area contributed by atoms with E-state index in [9.17, 15) is 9.59 Å². The maximum absolute atomic E-state index is 13.5. The van der Waals surface area contributed by atoms with Gasteiger partial charge < -0.3 is 19.3 Å². The first kappa shape index (κ1) is 21.0. The lowest BCUT2D eigenvalue weighted by Crippen LogP contribution is -2.40. The number of ether oxygens (including phenoxy) is 2. The van der Waals surface area contributed by atoms with Gasteiger partial charge >= 0.3 is 0 Å². The average molecular weight is 435 g/mol. The molecule has 0 atom stereocenters. The third-order valence-electron chi connectivity index (χ3n) is 6.87. The standard InChI is InChI=1S/C26H30N2O4/c29-24(27-12-15-31-16-13-27)9-7-20-6-8-23-21(18-20)19-28(14-17-32-23)25(30)26(10-11-26)22-4-2-1-3-5-22/h1-6,8,18H,7,9-17,19H2. The van der Waals surface area contributed by atoms with E-state index >= 15 is 0 Å². The monoisotopic (exact) mass is 434 g/mol. The van der Waals surface area contributed by atoms with Crippen molar-refractivity contribution >= 4 is 11.8 Å². The van der Waals surface area contributed by atoms with Gasteiger partial charge in [0.2, 0.25) is 11.8 Å². The molecule has 0 aromatic heterocycles. The van der Waals surface area contributed by atoms with E-state index in [4.69, 9.17) is 9.47 Å². The number of nitrogens with zero attached hydrogens (tertiary/aromatic N) is 2. The second-order valence-corrected chi connectivity index (χ2v) is 8.96. The summed E-state index contributed by atoms with van der Waals surface area (Å²) < 4.78 is 11.3. The molecule has 2 aromatic carbocycles. The predicted octanol–water partition coefficient (Wildman–Crippen LogP) is 2.93. The molecule has 32 heavy (non-hydrogen) atoms. The van der Waals surface area contributed by atoms with Crippen LogP contribution in [0.15, 0.2) is 48.5 Å². The fraction of sp³-hybridized carbons (Fsp3) is 0.462. The molecule has 2 amide bonds. The summed E-state index contributed by atoms with van der Waals surface area (Å²) in [7, 11) is 0. The van der Waals surface area contributed by atoms with Gasteiger partial charge in [-0.1, -0.05) is 42.5 Å². The van der Waals surface area contributed by atoms with Crippen LogP contribution in [0.25, 0.3) is 0 Å². The Balaban J connectivity index is 1.27. The quantitative estimate of drug-likeness (QED) is 0.726. The van der Waals surface area contributed by atoms with Crippen LogP contribution in [0.3, 0.4) is 0 Å². The molecule has 0 N–H and O–H groups in total. The summed E-state index contributed by atoms with van der Waals surface area (Å²) in [5.41, 5.74) is 2.88. The fourth-order valence-corrected chi connectivity index (χ4v) is 4.81. The van der Waals surface area contributed by atoms with Gasteiger partial charge in [-0.15, -0.1) is 0 Å². The second kappa shape index (κ2) is 8.94. The highest BCUT2D eigenvalue weighted by atomic mass is 16.5. The minimum Gasteiger partial charge on any atom is -0.491 e. The van der Waals surface area contributed by atoms with Crippen LogP contribution in [0, 0.1) is 0 Å². The van der Waals surface area contributed by atoms with Crippen LogP contribution in [0.2, 0.25) is 0 Å². The van der Waals surface area contributed by atoms with Crippen molar-refractivity contribution in [3.05, 3.63) is 65.2 Å². The normalized spacial score (nSPS) is 19.5. The molecule has 1 saturated heterocycles. The summed E-state index contributed by atoms with van der Waals surface area (Å²) in [6, 6.07) is 16.3. The van der Waals surface area contributed by atoms with Crippen LogP contribution in [-0.4, -0.2) is 61.1 Å². The van der Waals surface area contributed by atoms with E-state index in [1.165, 1.54) is 0 Å². The lowest BCUT2D eigenvalue weighted by Gasteiger charge is -2.27. The Kier molecular flexibility index (Phi) is 5.87. The third-order valence-corrected chi connectivity index (χ3v) is 6.87. The van der Waals surface area contributed by atoms with E-state index in [-0.39, 0.29) is 17.2 Å². The number of hydrogen-bond acceptors (Lipinski definition) is 4. The smallest absolute Gasteiger partial charge is 0.233 e. The molecule has 6 nitrogen and oxygen atoms in total. The van der Waals surface area contributed by atoms with Gasteiger partial charge in [-0.3, -0.25) is 9.59 Å². The molecule has 2 aromatic rings. The molecule has 168 valence electrons. The Hall–Kier alpha value is -2.86. The first-order valence-corrected chi connectivity index (χ1v) is 11.6. The van der Waals surface area contributed by atoms with Crippen molar-refractivity contribution in [1.82, 2.24) is 9.80 Å². The van der Waals surface area contributed by atoms with Crippen molar-refractivity contribution < 1.29 is 19.1 Å². The second-order valence-electron chi connectivity index (χ2n) is 8.96. The molecular formula is C26H30N2O4. The Labute approximate surface area is 189 Å². The zero-order valence-electron chi connectivity index (χ0n) is 18.4. The van der Waals surface area contributed by atoms with E-state index in [1.807, 2.05) is 40.1 Å². The number of morpholine rings is 1. The van der Waals surface area contributed by atoms with Gasteiger partial charge in [0, 0.05) is 31.6 Å². The van der Waals surface area contributed by atoms with Gasteiger partial charge in [0.25, 0.3) is 0 Å². The third kappa shape index (κ3) is 4.24. The SMILES string of the molecule is O=C(CCc1ccc2c(c1)CN(C(=O)C1(c3ccccc3)CC1)CCO2)N1CCOCC1. The number of fused-ring (bicyclic) bond motifs is 1. The number of hydrogen-bond donors (Lipinski definition) is 0. The lowest BCUT2D eigenvalue weighted by molar-refractivity contribution is -0.135.